The Morgan fingerprint density at radius 1 is 1.33 bits per heavy atom. The van der Waals surface area contributed by atoms with E-state index in [2.05, 4.69) is 10.3 Å². The minimum Gasteiger partial charge on any atom is -0.477 e. The first kappa shape index (κ1) is 15.3. The zero-order valence-corrected chi connectivity index (χ0v) is 12.2. The zero-order valence-electron chi connectivity index (χ0n) is 12.2. The first-order chi connectivity index (χ1) is 9.97. The minimum atomic E-state index is -1.06. The molecule has 112 valence electrons. The van der Waals surface area contributed by atoms with Crippen molar-refractivity contribution in [1.29, 1.82) is 0 Å². The number of fused-ring (bicyclic) bond motifs is 1. The van der Waals surface area contributed by atoms with Crippen molar-refractivity contribution < 1.29 is 15.0 Å². The number of carboxylic acid groups (broad SMARTS) is 1. The summed E-state index contributed by atoms with van der Waals surface area (Å²) in [4.78, 5) is 15.2. The molecule has 3 N–H and O–H groups in total. The van der Waals surface area contributed by atoms with E-state index >= 15 is 0 Å². The normalized spacial score (nSPS) is 12.6. The summed E-state index contributed by atoms with van der Waals surface area (Å²) in [5.74, 6) is -0.655. The molecule has 0 aliphatic rings. The molecule has 0 aliphatic carbocycles. The molecule has 2 aromatic rings. The Balaban J connectivity index is 2.27. The monoisotopic (exact) mass is 288 g/mol. The Morgan fingerprint density at radius 3 is 2.71 bits per heavy atom. The van der Waals surface area contributed by atoms with Crippen molar-refractivity contribution in [2.45, 2.75) is 26.4 Å². The first-order valence-corrected chi connectivity index (χ1v) is 7.02. The first-order valence-electron chi connectivity index (χ1n) is 7.02. The number of rotatable bonds is 6. The van der Waals surface area contributed by atoms with Crippen LogP contribution >= 0.6 is 0 Å². The number of carboxylic acids is 1. The van der Waals surface area contributed by atoms with Crippen molar-refractivity contribution in [3.05, 3.63) is 36.0 Å². The average Bonchev–Trinajstić information content (AvgIpc) is 2.43. The highest BCUT2D eigenvalue weighted by Gasteiger charge is 2.12. The third-order valence-electron chi connectivity index (χ3n) is 3.21. The van der Waals surface area contributed by atoms with Crippen molar-refractivity contribution >= 4 is 22.6 Å². The van der Waals surface area contributed by atoms with Crippen LogP contribution in [-0.2, 0) is 0 Å². The lowest BCUT2D eigenvalue weighted by molar-refractivity contribution is 0.0691. The van der Waals surface area contributed by atoms with E-state index in [1.165, 1.54) is 6.07 Å². The highest BCUT2D eigenvalue weighted by Crippen LogP contribution is 2.23. The maximum absolute atomic E-state index is 11.1. The van der Waals surface area contributed by atoms with Crippen LogP contribution in [0.5, 0.6) is 0 Å². The molecule has 1 heterocycles. The Labute approximate surface area is 123 Å². The number of pyridine rings is 1. The summed E-state index contributed by atoms with van der Waals surface area (Å²) < 4.78 is 0. The van der Waals surface area contributed by atoms with E-state index in [1.807, 2.05) is 32.0 Å². The van der Waals surface area contributed by atoms with Gasteiger partial charge < -0.3 is 15.5 Å². The van der Waals surface area contributed by atoms with Crippen LogP contribution in [0.2, 0.25) is 0 Å². The molecule has 5 nitrogen and oxygen atoms in total. The van der Waals surface area contributed by atoms with Crippen LogP contribution in [0.1, 0.15) is 30.8 Å². The Bertz CT molecular complexity index is 640. The molecule has 0 aliphatic heterocycles. The number of hydrogen-bond acceptors (Lipinski definition) is 4. The summed E-state index contributed by atoms with van der Waals surface area (Å²) in [5, 5.41) is 23.0. The molecule has 1 aromatic carbocycles. The van der Waals surface area contributed by atoms with E-state index in [4.69, 9.17) is 5.11 Å². The molecule has 1 aromatic heterocycles. The second-order valence-corrected chi connectivity index (χ2v) is 5.54. The molecule has 0 fully saturated rings. The van der Waals surface area contributed by atoms with Gasteiger partial charge in [-0.1, -0.05) is 32.0 Å². The molecule has 21 heavy (non-hydrogen) atoms. The third-order valence-corrected chi connectivity index (χ3v) is 3.21. The lowest BCUT2D eigenvalue weighted by Gasteiger charge is -2.16. The molecular formula is C16H20N2O3. The van der Waals surface area contributed by atoms with Gasteiger partial charge in [0.25, 0.3) is 0 Å². The quantitative estimate of drug-likeness (QED) is 0.761. The third kappa shape index (κ3) is 3.92. The van der Waals surface area contributed by atoms with Gasteiger partial charge in [0.1, 0.15) is 0 Å². The summed E-state index contributed by atoms with van der Waals surface area (Å²) in [6.07, 6.45) is 0.229. The van der Waals surface area contributed by atoms with Crippen LogP contribution in [-0.4, -0.2) is 33.8 Å². The van der Waals surface area contributed by atoms with E-state index in [1.54, 1.807) is 6.07 Å². The molecule has 5 heteroatoms. The Kier molecular flexibility index (Phi) is 4.75. The summed E-state index contributed by atoms with van der Waals surface area (Å²) >= 11 is 0. The van der Waals surface area contributed by atoms with Crippen molar-refractivity contribution in [1.82, 2.24) is 4.98 Å². The van der Waals surface area contributed by atoms with Crippen LogP contribution in [0.15, 0.2) is 30.3 Å². The van der Waals surface area contributed by atoms with Gasteiger partial charge in [-0.15, -0.1) is 0 Å². The molecule has 0 spiro atoms. The maximum atomic E-state index is 11.1. The van der Waals surface area contributed by atoms with Gasteiger partial charge in [0.2, 0.25) is 0 Å². The fourth-order valence-electron chi connectivity index (χ4n) is 2.29. The van der Waals surface area contributed by atoms with Crippen LogP contribution in [0.3, 0.4) is 0 Å². The summed E-state index contributed by atoms with van der Waals surface area (Å²) in [6, 6.07) is 8.86. The van der Waals surface area contributed by atoms with Crippen LogP contribution < -0.4 is 5.32 Å². The number of aromatic nitrogens is 1. The second-order valence-electron chi connectivity index (χ2n) is 5.54. The number of aliphatic hydroxyl groups is 1. The van der Waals surface area contributed by atoms with E-state index in [0.29, 0.717) is 30.1 Å². The maximum Gasteiger partial charge on any atom is 0.354 e. The fourth-order valence-corrected chi connectivity index (χ4v) is 2.29. The number of aromatic carboxylic acids is 1. The van der Waals surface area contributed by atoms with Gasteiger partial charge in [-0.05, 0) is 24.5 Å². The summed E-state index contributed by atoms with van der Waals surface area (Å²) in [6.45, 7) is 4.48. The number of nitrogens with one attached hydrogen (secondary N) is 1. The number of aliphatic hydroxyl groups excluding tert-OH is 1. The smallest absolute Gasteiger partial charge is 0.354 e. The lowest BCUT2D eigenvalue weighted by Crippen LogP contribution is -2.21. The van der Waals surface area contributed by atoms with Gasteiger partial charge in [-0.25, -0.2) is 9.78 Å². The molecule has 1 atom stereocenters. The zero-order chi connectivity index (χ0) is 15.4. The van der Waals surface area contributed by atoms with Crippen molar-refractivity contribution in [2.24, 2.45) is 5.92 Å². The number of nitrogens with zero attached hydrogens (tertiary/aromatic N) is 1. The Morgan fingerprint density at radius 2 is 2.05 bits per heavy atom. The van der Waals surface area contributed by atoms with E-state index in [0.717, 1.165) is 5.39 Å². The highest BCUT2D eigenvalue weighted by atomic mass is 16.4. The van der Waals surface area contributed by atoms with Crippen molar-refractivity contribution in [3.63, 3.8) is 0 Å². The molecule has 0 radical (unpaired) electrons. The predicted molar refractivity (Wildman–Crippen MR) is 82.7 cm³/mol. The van der Waals surface area contributed by atoms with E-state index in [9.17, 15) is 9.90 Å². The molecule has 0 bridgehead atoms. The highest BCUT2D eigenvalue weighted by molar-refractivity contribution is 5.97. The largest absolute Gasteiger partial charge is 0.477 e. The average molecular weight is 288 g/mol. The number of carbonyl (C=O) groups is 1. The molecule has 2 rings (SSSR count). The molecule has 0 amide bonds. The van der Waals surface area contributed by atoms with Crippen molar-refractivity contribution in [3.8, 4) is 0 Å². The Hall–Kier alpha value is -2.14. The topological polar surface area (TPSA) is 82.5 Å². The predicted octanol–water partition coefficient (Wildman–Crippen LogP) is 2.75. The lowest BCUT2D eigenvalue weighted by atomic mass is 10.1. The fraction of sp³-hybridized carbons (Fsp3) is 0.375. The molecule has 1 unspecified atom stereocenters. The van der Waals surface area contributed by atoms with Gasteiger partial charge in [0, 0.05) is 17.6 Å². The standard InChI is InChI=1S/C16H20N2O3/c1-10(2)7-11(19)9-17-14-8-15(16(20)21)18-13-6-4-3-5-12(13)14/h3-6,8,10-11,19H,7,9H2,1-2H3,(H,17,18)(H,20,21). The van der Waals surface area contributed by atoms with E-state index < -0.39 is 12.1 Å². The molecular weight excluding hydrogens is 268 g/mol. The van der Waals surface area contributed by atoms with Gasteiger partial charge in [-0.3, -0.25) is 0 Å². The number of anilines is 1. The molecule has 0 saturated carbocycles. The van der Waals surface area contributed by atoms with Gasteiger partial charge in [0.15, 0.2) is 5.69 Å². The number of para-hydroxylation sites is 1. The summed E-state index contributed by atoms with van der Waals surface area (Å²) in [5.41, 5.74) is 1.30. The SMILES string of the molecule is CC(C)CC(O)CNc1cc(C(=O)O)nc2ccccc12. The number of hydrogen-bond donors (Lipinski definition) is 3. The molecule has 0 saturated heterocycles. The van der Waals surface area contributed by atoms with Gasteiger partial charge in [0.05, 0.1) is 11.6 Å². The van der Waals surface area contributed by atoms with Crippen LogP contribution in [0.25, 0.3) is 10.9 Å². The second kappa shape index (κ2) is 6.54. The van der Waals surface area contributed by atoms with Gasteiger partial charge >= 0.3 is 5.97 Å². The van der Waals surface area contributed by atoms with Crippen LogP contribution in [0, 0.1) is 5.92 Å². The van der Waals surface area contributed by atoms with E-state index in [-0.39, 0.29) is 5.69 Å². The van der Waals surface area contributed by atoms with Crippen LogP contribution in [0.4, 0.5) is 5.69 Å². The van der Waals surface area contributed by atoms with Gasteiger partial charge in [-0.2, -0.15) is 0 Å². The summed E-state index contributed by atoms with van der Waals surface area (Å²) in [7, 11) is 0. The minimum absolute atomic E-state index is 0.00505. The van der Waals surface area contributed by atoms with Crippen molar-refractivity contribution in [2.75, 3.05) is 11.9 Å². The number of benzene rings is 1.